The van der Waals surface area contributed by atoms with Gasteiger partial charge in [-0.25, -0.2) is 0 Å². The van der Waals surface area contributed by atoms with Gasteiger partial charge in [-0.15, -0.1) is 0 Å². The fourth-order valence-corrected chi connectivity index (χ4v) is 6.68. The van der Waals surface area contributed by atoms with Gasteiger partial charge in [0, 0.05) is 12.5 Å². The van der Waals surface area contributed by atoms with Gasteiger partial charge < -0.3 is 24.3 Å². The molecule has 1 aliphatic rings. The summed E-state index contributed by atoms with van der Waals surface area (Å²) in [4.78, 5) is 0. The highest BCUT2D eigenvalue weighted by molar-refractivity contribution is 7.80. The zero-order valence-corrected chi connectivity index (χ0v) is 27.1. The third-order valence-corrected chi connectivity index (χ3v) is 8.23. The van der Waals surface area contributed by atoms with E-state index in [1.807, 2.05) is 109 Å². The molecule has 228 valence electrons. The molecule has 1 N–H and O–H groups in total. The number of nitrogens with one attached hydrogen (secondary N) is 1. The summed E-state index contributed by atoms with van der Waals surface area (Å²) in [7, 11) is 0. The van der Waals surface area contributed by atoms with Crippen molar-refractivity contribution in [1.82, 2.24) is 5.32 Å². The Kier molecular flexibility index (Phi) is 10.2. The molecule has 5 rings (SSSR count). The van der Waals surface area contributed by atoms with Crippen molar-refractivity contribution in [2.75, 3.05) is 0 Å². The molecule has 1 aliphatic carbocycles. The van der Waals surface area contributed by atoms with Gasteiger partial charge in [0.15, 0.2) is 5.05 Å². The Bertz CT molecular complexity index is 1530. The molecule has 0 spiro atoms. The monoisotopic (exact) mass is 625 g/mol. The van der Waals surface area contributed by atoms with E-state index < -0.39 is 0 Å². The zero-order valence-electron chi connectivity index (χ0n) is 25.5. The SMILES string of the molecule is CC1(C)CC(NC(=S)Oc2ccc(Oc3ccccc3)cc2)CC(C)(CCC(=S)Oc2ccc(Oc3ccccc3)cc2)C1. The van der Waals surface area contributed by atoms with Crippen LogP contribution in [0.15, 0.2) is 109 Å². The van der Waals surface area contributed by atoms with Crippen LogP contribution in [0.2, 0.25) is 0 Å². The summed E-state index contributed by atoms with van der Waals surface area (Å²) in [6.07, 6.45) is 4.71. The summed E-state index contributed by atoms with van der Waals surface area (Å²) in [6, 6.07) is 34.7. The summed E-state index contributed by atoms with van der Waals surface area (Å²) < 4.78 is 23.7. The molecule has 1 fully saturated rings. The molecule has 5 nitrogen and oxygen atoms in total. The normalized spacial score (nSPS) is 18.9. The van der Waals surface area contributed by atoms with Crippen LogP contribution in [-0.2, 0) is 0 Å². The molecule has 0 aromatic heterocycles. The number of ether oxygens (including phenoxy) is 4. The van der Waals surface area contributed by atoms with Gasteiger partial charge in [-0.3, -0.25) is 0 Å². The van der Waals surface area contributed by atoms with Crippen molar-refractivity contribution >= 4 is 34.7 Å². The van der Waals surface area contributed by atoms with Gasteiger partial charge in [-0.05, 0) is 134 Å². The van der Waals surface area contributed by atoms with Gasteiger partial charge in [0.05, 0.1) is 0 Å². The standard InChI is InChI=1S/C37H39NO4S2/c1-36(2)24-27(38-35(44)42-33-20-16-31(17-21-33)40-29-12-8-5-9-13-29)25-37(3,26-36)23-22-34(43)41-32-18-14-30(15-19-32)39-28-10-6-4-7-11-28/h4-21,27H,22-26H2,1-3H3,(H,38,44). The van der Waals surface area contributed by atoms with E-state index in [0.29, 0.717) is 28.1 Å². The van der Waals surface area contributed by atoms with Crippen molar-refractivity contribution in [3.8, 4) is 34.5 Å². The lowest BCUT2D eigenvalue weighted by atomic mass is 9.61. The molecule has 2 unspecified atom stereocenters. The van der Waals surface area contributed by atoms with E-state index in [0.717, 1.165) is 48.7 Å². The molecule has 0 bridgehead atoms. The maximum Gasteiger partial charge on any atom is 0.262 e. The molecule has 2 atom stereocenters. The second-order valence-electron chi connectivity index (χ2n) is 12.5. The molecule has 7 heteroatoms. The Labute approximate surface area is 271 Å². The lowest BCUT2D eigenvalue weighted by Crippen LogP contribution is -2.47. The molecule has 0 saturated heterocycles. The van der Waals surface area contributed by atoms with Gasteiger partial charge in [0.25, 0.3) is 5.17 Å². The number of benzene rings is 4. The van der Waals surface area contributed by atoms with Crippen molar-refractivity contribution in [3.05, 3.63) is 109 Å². The molecular formula is C37H39NO4S2. The van der Waals surface area contributed by atoms with Crippen LogP contribution in [0.1, 0.15) is 52.9 Å². The maximum absolute atomic E-state index is 6.02. The Morgan fingerprint density at radius 3 is 1.61 bits per heavy atom. The number of hydrogen-bond donors (Lipinski definition) is 1. The highest BCUT2D eigenvalue weighted by Gasteiger charge is 2.41. The Morgan fingerprint density at radius 2 is 1.09 bits per heavy atom. The molecule has 0 radical (unpaired) electrons. The van der Waals surface area contributed by atoms with Gasteiger partial charge in [0.1, 0.15) is 34.5 Å². The minimum atomic E-state index is 0.0757. The van der Waals surface area contributed by atoms with Crippen LogP contribution in [0.4, 0.5) is 0 Å². The molecule has 4 aromatic rings. The molecule has 44 heavy (non-hydrogen) atoms. The van der Waals surface area contributed by atoms with Crippen LogP contribution in [0, 0.1) is 10.8 Å². The van der Waals surface area contributed by atoms with Gasteiger partial charge >= 0.3 is 0 Å². The van der Waals surface area contributed by atoms with E-state index in [4.69, 9.17) is 43.4 Å². The van der Waals surface area contributed by atoms with E-state index in [1.165, 1.54) is 0 Å². The summed E-state index contributed by atoms with van der Waals surface area (Å²) in [5.41, 5.74) is 0.222. The van der Waals surface area contributed by atoms with E-state index in [2.05, 4.69) is 26.1 Å². The molecular weight excluding hydrogens is 587 g/mol. The minimum absolute atomic E-state index is 0.0757. The zero-order chi connectivity index (χ0) is 31.0. The van der Waals surface area contributed by atoms with Crippen molar-refractivity contribution in [3.63, 3.8) is 0 Å². The van der Waals surface area contributed by atoms with E-state index >= 15 is 0 Å². The third kappa shape index (κ3) is 9.53. The predicted molar refractivity (Wildman–Crippen MR) is 184 cm³/mol. The van der Waals surface area contributed by atoms with E-state index in [9.17, 15) is 0 Å². The summed E-state index contributed by atoms with van der Waals surface area (Å²) in [5.74, 6) is 4.46. The third-order valence-electron chi connectivity index (χ3n) is 7.75. The Hall–Kier alpha value is -3.94. The molecule has 1 saturated carbocycles. The lowest BCUT2D eigenvalue weighted by Gasteiger charge is -2.47. The molecule has 0 amide bonds. The van der Waals surface area contributed by atoms with Crippen molar-refractivity contribution in [1.29, 1.82) is 0 Å². The Morgan fingerprint density at radius 1 is 0.636 bits per heavy atom. The number of hydrogen-bond acceptors (Lipinski definition) is 6. The average molecular weight is 626 g/mol. The maximum atomic E-state index is 6.02. The largest absolute Gasteiger partial charge is 0.457 e. The highest BCUT2D eigenvalue weighted by Crippen LogP contribution is 2.48. The van der Waals surface area contributed by atoms with Crippen LogP contribution < -0.4 is 24.3 Å². The summed E-state index contributed by atoms with van der Waals surface area (Å²) in [5, 5.41) is 4.46. The van der Waals surface area contributed by atoms with Crippen molar-refractivity contribution in [2.24, 2.45) is 10.8 Å². The fourth-order valence-electron chi connectivity index (χ4n) is 6.22. The number of rotatable bonds is 10. The minimum Gasteiger partial charge on any atom is -0.457 e. The first-order valence-electron chi connectivity index (χ1n) is 15.0. The smallest absolute Gasteiger partial charge is 0.262 e. The van der Waals surface area contributed by atoms with Crippen LogP contribution in [0.3, 0.4) is 0 Å². The van der Waals surface area contributed by atoms with Gasteiger partial charge in [-0.2, -0.15) is 0 Å². The number of thiocarbonyl (C=S) groups is 2. The lowest BCUT2D eigenvalue weighted by molar-refractivity contribution is 0.0702. The first kappa shape index (κ1) is 31.5. The second kappa shape index (κ2) is 14.2. The van der Waals surface area contributed by atoms with Crippen LogP contribution in [0.25, 0.3) is 0 Å². The van der Waals surface area contributed by atoms with E-state index in [-0.39, 0.29) is 16.9 Å². The molecule has 0 aliphatic heterocycles. The average Bonchev–Trinajstić information content (AvgIpc) is 2.98. The van der Waals surface area contributed by atoms with Crippen LogP contribution >= 0.6 is 24.4 Å². The Balaban J connectivity index is 1.10. The first-order chi connectivity index (χ1) is 21.1. The summed E-state index contributed by atoms with van der Waals surface area (Å²) in [6.45, 7) is 6.99. The molecule has 0 heterocycles. The van der Waals surface area contributed by atoms with Gasteiger partial charge in [0.2, 0.25) is 0 Å². The fraction of sp³-hybridized carbons (Fsp3) is 0.297. The van der Waals surface area contributed by atoms with Crippen LogP contribution in [0.5, 0.6) is 34.5 Å². The number of para-hydroxylation sites is 2. The van der Waals surface area contributed by atoms with Crippen molar-refractivity contribution in [2.45, 2.75) is 58.9 Å². The quantitative estimate of drug-likeness (QED) is 0.176. The van der Waals surface area contributed by atoms with E-state index in [1.54, 1.807) is 0 Å². The van der Waals surface area contributed by atoms with Crippen LogP contribution in [-0.4, -0.2) is 16.3 Å². The molecule has 4 aromatic carbocycles. The predicted octanol–water partition coefficient (Wildman–Crippen LogP) is 10.3. The summed E-state index contributed by atoms with van der Waals surface area (Å²) >= 11 is 11.3. The first-order valence-corrected chi connectivity index (χ1v) is 15.8. The van der Waals surface area contributed by atoms with Gasteiger partial charge in [-0.1, -0.05) is 57.2 Å². The topological polar surface area (TPSA) is 49.0 Å². The second-order valence-corrected chi connectivity index (χ2v) is 13.4. The highest BCUT2D eigenvalue weighted by atomic mass is 32.1. The van der Waals surface area contributed by atoms with Crippen molar-refractivity contribution < 1.29 is 18.9 Å².